The molecule has 0 spiro atoms. The van der Waals surface area contributed by atoms with Crippen molar-refractivity contribution < 1.29 is 4.74 Å². The Morgan fingerprint density at radius 1 is 1.71 bits per heavy atom. The number of ether oxygens (including phenoxy) is 1. The Bertz CT molecular complexity index is 63.0. The molecule has 1 fully saturated rings. The molecule has 1 saturated heterocycles. The third kappa shape index (κ3) is 0.970. The van der Waals surface area contributed by atoms with Crippen molar-refractivity contribution in [2.75, 3.05) is 13.2 Å². The molecule has 42 valence electrons. The van der Waals surface area contributed by atoms with Gasteiger partial charge in [-0.2, -0.15) is 0 Å². The van der Waals surface area contributed by atoms with E-state index in [9.17, 15) is 0 Å². The first-order valence-electron chi connectivity index (χ1n) is 2.53. The normalized spacial score (nSPS) is 26.6. The summed E-state index contributed by atoms with van der Waals surface area (Å²) in [6.45, 7) is 3.95. The third-order valence-electron chi connectivity index (χ3n) is 1.36. The monoisotopic (exact) mass is 164 g/mol. The summed E-state index contributed by atoms with van der Waals surface area (Å²) in [5, 5.41) is 0. The number of alkyl halides is 1. The first-order valence-corrected chi connectivity index (χ1v) is 3.33. The van der Waals surface area contributed by atoms with Gasteiger partial charge in [-0.05, 0) is 6.42 Å². The van der Waals surface area contributed by atoms with Crippen molar-refractivity contribution in [1.82, 2.24) is 0 Å². The van der Waals surface area contributed by atoms with Crippen molar-refractivity contribution in [2.45, 2.75) is 17.7 Å². The van der Waals surface area contributed by atoms with Crippen molar-refractivity contribution in [2.24, 2.45) is 0 Å². The van der Waals surface area contributed by atoms with Gasteiger partial charge in [0.25, 0.3) is 0 Å². The topological polar surface area (TPSA) is 9.23 Å². The summed E-state index contributed by atoms with van der Waals surface area (Å²) in [4.78, 5) is 0. The average Bonchev–Trinajstić information content (AvgIpc) is 1.61. The van der Waals surface area contributed by atoms with Crippen LogP contribution in [-0.4, -0.2) is 17.5 Å². The van der Waals surface area contributed by atoms with Crippen LogP contribution >= 0.6 is 15.9 Å². The first kappa shape index (κ1) is 5.57. The Morgan fingerprint density at radius 3 is 2.29 bits per heavy atom. The van der Waals surface area contributed by atoms with Gasteiger partial charge in [-0.3, -0.25) is 0 Å². The minimum Gasteiger partial charge on any atom is -0.378 e. The molecule has 0 N–H and O–H groups in total. The molecule has 0 aliphatic carbocycles. The smallest absolute Gasteiger partial charge is 0.0721 e. The SMILES string of the molecule is CCC1(Br)COC1. The van der Waals surface area contributed by atoms with Crippen LogP contribution in [0.5, 0.6) is 0 Å². The lowest BCUT2D eigenvalue weighted by atomic mass is 10.1. The van der Waals surface area contributed by atoms with Crippen LogP contribution < -0.4 is 0 Å². The molecule has 0 amide bonds. The Labute approximate surface area is 52.2 Å². The fourth-order valence-corrected chi connectivity index (χ4v) is 0.851. The number of hydrogen-bond acceptors (Lipinski definition) is 1. The Morgan fingerprint density at radius 2 is 2.29 bits per heavy atom. The predicted octanol–water partition coefficient (Wildman–Crippen LogP) is 1.56. The van der Waals surface area contributed by atoms with E-state index in [-0.39, 0.29) is 0 Å². The molecule has 1 aliphatic rings. The Kier molecular flexibility index (Phi) is 1.39. The van der Waals surface area contributed by atoms with Gasteiger partial charge in [0.2, 0.25) is 0 Å². The molecule has 0 aromatic rings. The quantitative estimate of drug-likeness (QED) is 0.535. The van der Waals surface area contributed by atoms with Crippen LogP contribution in [0.3, 0.4) is 0 Å². The standard InChI is InChI=1S/C5H9BrO/c1-2-5(6)3-7-4-5/h2-4H2,1H3. The largest absolute Gasteiger partial charge is 0.378 e. The lowest BCUT2D eigenvalue weighted by Crippen LogP contribution is -2.42. The molecule has 0 saturated carbocycles. The van der Waals surface area contributed by atoms with E-state index in [1.165, 1.54) is 6.42 Å². The summed E-state index contributed by atoms with van der Waals surface area (Å²) in [5.74, 6) is 0. The van der Waals surface area contributed by atoms with Crippen LogP contribution in [0.25, 0.3) is 0 Å². The van der Waals surface area contributed by atoms with E-state index in [4.69, 9.17) is 4.74 Å². The molecule has 0 aromatic carbocycles. The number of halogens is 1. The molecule has 1 nitrogen and oxygen atoms in total. The van der Waals surface area contributed by atoms with Crippen LogP contribution in [0.1, 0.15) is 13.3 Å². The second-order valence-corrected chi connectivity index (χ2v) is 3.68. The minimum absolute atomic E-state index is 0.354. The molecule has 0 bridgehead atoms. The van der Waals surface area contributed by atoms with Gasteiger partial charge in [0.15, 0.2) is 0 Å². The van der Waals surface area contributed by atoms with Crippen LogP contribution in [0, 0.1) is 0 Å². The number of rotatable bonds is 1. The van der Waals surface area contributed by atoms with Crippen molar-refractivity contribution in [3.05, 3.63) is 0 Å². The fraction of sp³-hybridized carbons (Fsp3) is 1.00. The Balaban J connectivity index is 2.29. The molecule has 0 aromatic heterocycles. The molecule has 0 unspecified atom stereocenters. The van der Waals surface area contributed by atoms with Crippen LogP contribution in [0.4, 0.5) is 0 Å². The summed E-state index contributed by atoms with van der Waals surface area (Å²) >= 11 is 3.54. The summed E-state index contributed by atoms with van der Waals surface area (Å²) < 4.78 is 5.34. The van der Waals surface area contributed by atoms with E-state index in [0.717, 1.165) is 13.2 Å². The second kappa shape index (κ2) is 1.75. The molecule has 0 radical (unpaired) electrons. The highest BCUT2D eigenvalue weighted by Gasteiger charge is 2.32. The van der Waals surface area contributed by atoms with Gasteiger partial charge in [-0.1, -0.05) is 22.9 Å². The van der Waals surface area contributed by atoms with Gasteiger partial charge in [-0.25, -0.2) is 0 Å². The maximum Gasteiger partial charge on any atom is 0.0721 e. The zero-order valence-electron chi connectivity index (χ0n) is 4.41. The van der Waals surface area contributed by atoms with Gasteiger partial charge in [0, 0.05) is 0 Å². The minimum atomic E-state index is 0.354. The highest BCUT2D eigenvalue weighted by molar-refractivity contribution is 9.10. The predicted molar refractivity (Wildman–Crippen MR) is 32.8 cm³/mol. The van der Waals surface area contributed by atoms with Gasteiger partial charge >= 0.3 is 0 Å². The maximum absolute atomic E-state index is 4.98. The van der Waals surface area contributed by atoms with Crippen LogP contribution in [0.15, 0.2) is 0 Å². The van der Waals surface area contributed by atoms with Crippen LogP contribution in [0.2, 0.25) is 0 Å². The fourth-order valence-electron chi connectivity index (χ4n) is 0.528. The zero-order chi connectivity index (χ0) is 5.33. The van der Waals surface area contributed by atoms with E-state index < -0.39 is 0 Å². The van der Waals surface area contributed by atoms with Crippen molar-refractivity contribution in [1.29, 1.82) is 0 Å². The van der Waals surface area contributed by atoms with Gasteiger partial charge in [-0.15, -0.1) is 0 Å². The van der Waals surface area contributed by atoms with E-state index in [1.807, 2.05) is 0 Å². The molecule has 7 heavy (non-hydrogen) atoms. The highest BCUT2D eigenvalue weighted by atomic mass is 79.9. The molecular weight excluding hydrogens is 156 g/mol. The third-order valence-corrected chi connectivity index (χ3v) is 2.37. The molecule has 1 aliphatic heterocycles. The van der Waals surface area contributed by atoms with E-state index in [1.54, 1.807) is 0 Å². The summed E-state index contributed by atoms with van der Waals surface area (Å²) in [6, 6.07) is 0. The average molecular weight is 165 g/mol. The molecule has 2 heteroatoms. The van der Waals surface area contributed by atoms with Gasteiger partial charge in [0.05, 0.1) is 17.5 Å². The summed E-state index contributed by atoms with van der Waals surface area (Å²) in [7, 11) is 0. The number of hydrogen-bond donors (Lipinski definition) is 0. The van der Waals surface area contributed by atoms with Gasteiger partial charge < -0.3 is 4.74 Å². The molecule has 1 heterocycles. The van der Waals surface area contributed by atoms with E-state index >= 15 is 0 Å². The van der Waals surface area contributed by atoms with Crippen molar-refractivity contribution >= 4 is 15.9 Å². The van der Waals surface area contributed by atoms with E-state index in [2.05, 4.69) is 22.9 Å². The van der Waals surface area contributed by atoms with Gasteiger partial charge in [0.1, 0.15) is 0 Å². The molecular formula is C5H9BrO. The molecule has 0 atom stereocenters. The second-order valence-electron chi connectivity index (χ2n) is 2.00. The van der Waals surface area contributed by atoms with Crippen molar-refractivity contribution in [3.8, 4) is 0 Å². The Hall–Kier alpha value is 0.440. The van der Waals surface area contributed by atoms with E-state index in [0.29, 0.717) is 4.32 Å². The lowest BCUT2D eigenvalue weighted by Gasteiger charge is -2.34. The van der Waals surface area contributed by atoms with Crippen molar-refractivity contribution in [3.63, 3.8) is 0 Å². The lowest BCUT2D eigenvalue weighted by molar-refractivity contribution is -0.00629. The first-order chi connectivity index (χ1) is 3.27. The highest BCUT2D eigenvalue weighted by Crippen LogP contribution is 2.30. The zero-order valence-corrected chi connectivity index (χ0v) is 5.99. The maximum atomic E-state index is 4.98. The summed E-state index contributed by atoms with van der Waals surface area (Å²) in [6.07, 6.45) is 1.17. The summed E-state index contributed by atoms with van der Waals surface area (Å²) in [5.41, 5.74) is 0. The molecule has 1 rings (SSSR count). The van der Waals surface area contributed by atoms with Crippen LogP contribution in [-0.2, 0) is 4.74 Å².